The Hall–Kier alpha value is -3.98. The van der Waals surface area contributed by atoms with Crippen LogP contribution in [0.25, 0.3) is 22.0 Å². The van der Waals surface area contributed by atoms with Gasteiger partial charge in [-0.25, -0.2) is 17.6 Å². The molecule has 0 N–H and O–H groups in total. The number of carbonyl (C=O) groups excluding carboxylic acids is 1. The first-order valence-corrected chi connectivity index (χ1v) is 16.6. The Balaban J connectivity index is 1.32. The molecule has 0 spiro atoms. The molecule has 1 aromatic heterocycles. The number of hydrogen-bond donors (Lipinski definition) is 0. The average Bonchev–Trinajstić information content (AvgIpc) is 3.59. The molecule has 0 radical (unpaired) electrons. The highest BCUT2D eigenvalue weighted by molar-refractivity contribution is 5.94. The second kappa shape index (κ2) is 12.6. The zero-order valence-corrected chi connectivity index (χ0v) is 26.5. The van der Waals surface area contributed by atoms with Gasteiger partial charge in [-0.3, -0.25) is 9.69 Å². The van der Waals surface area contributed by atoms with Crippen LogP contribution in [0.1, 0.15) is 56.6 Å². The summed E-state index contributed by atoms with van der Waals surface area (Å²) in [5, 5.41) is 9.64. The van der Waals surface area contributed by atoms with E-state index in [9.17, 15) is 18.8 Å². The number of rotatable bonds is 7. The largest absolute Gasteiger partial charge is 0.461 e. The van der Waals surface area contributed by atoms with Crippen LogP contribution in [0.15, 0.2) is 24.3 Å². The minimum absolute atomic E-state index is 0.0595. The standard InChI is InChI=1S/C35H38F4N6O2/c1-21(36)33(46)45-15-14-43(19-24(45)10-12-40)32-27-16-28(38)29(26-9-4-7-22-6-2-3-8-25(22)26)30(39)31(27)41-34(42-32)47-20-35-11-5-13-44(35)18-23(37)17-35/h4,7,9,16,21,23-24H,2-3,5-6,8,10-11,13-15,17-20H2,1H3/t21?,23-,24+,35+/m1/s1. The van der Waals surface area contributed by atoms with Crippen LogP contribution in [0.4, 0.5) is 23.4 Å². The molecular formula is C35H38F4N6O2. The van der Waals surface area contributed by atoms with E-state index in [0.717, 1.165) is 63.1 Å². The fourth-order valence-corrected chi connectivity index (χ4v) is 8.22. The molecule has 12 heteroatoms. The molecule has 1 unspecified atom stereocenters. The number of amides is 1. The molecule has 4 atom stereocenters. The van der Waals surface area contributed by atoms with Crippen molar-refractivity contribution in [1.82, 2.24) is 19.8 Å². The first-order valence-electron chi connectivity index (χ1n) is 16.6. The second-order valence-electron chi connectivity index (χ2n) is 13.4. The highest BCUT2D eigenvalue weighted by Gasteiger charge is 2.49. The Morgan fingerprint density at radius 3 is 2.79 bits per heavy atom. The van der Waals surface area contributed by atoms with Crippen molar-refractivity contribution in [3.05, 3.63) is 47.0 Å². The van der Waals surface area contributed by atoms with E-state index in [4.69, 9.17) is 4.74 Å². The van der Waals surface area contributed by atoms with Crippen LogP contribution in [-0.4, -0.2) is 88.9 Å². The molecule has 3 fully saturated rings. The summed E-state index contributed by atoms with van der Waals surface area (Å²) in [4.78, 5) is 27.0. The van der Waals surface area contributed by atoms with Crippen molar-refractivity contribution in [2.45, 2.75) is 82.2 Å². The van der Waals surface area contributed by atoms with Gasteiger partial charge in [0.1, 0.15) is 29.9 Å². The Bertz CT molecular complexity index is 1750. The number of aromatic nitrogens is 2. The minimum atomic E-state index is -1.73. The summed E-state index contributed by atoms with van der Waals surface area (Å²) in [5.41, 5.74) is 1.76. The van der Waals surface area contributed by atoms with Gasteiger partial charge in [0.05, 0.1) is 29.6 Å². The summed E-state index contributed by atoms with van der Waals surface area (Å²) >= 11 is 0. The van der Waals surface area contributed by atoms with Crippen LogP contribution < -0.4 is 9.64 Å². The normalized spacial score (nSPS) is 25.0. The van der Waals surface area contributed by atoms with Crippen LogP contribution in [0, 0.1) is 23.0 Å². The molecule has 248 valence electrons. The molecule has 1 aliphatic carbocycles. The van der Waals surface area contributed by atoms with Crippen LogP contribution in [0.5, 0.6) is 6.01 Å². The van der Waals surface area contributed by atoms with Gasteiger partial charge in [0, 0.05) is 38.0 Å². The van der Waals surface area contributed by atoms with E-state index >= 15 is 8.78 Å². The lowest BCUT2D eigenvalue weighted by Gasteiger charge is -2.41. The molecule has 2 aromatic carbocycles. The van der Waals surface area contributed by atoms with Gasteiger partial charge >= 0.3 is 6.01 Å². The van der Waals surface area contributed by atoms with E-state index in [-0.39, 0.29) is 61.0 Å². The van der Waals surface area contributed by atoms with Crippen molar-refractivity contribution in [2.75, 3.05) is 44.2 Å². The molecule has 3 saturated heterocycles. The molecule has 0 saturated carbocycles. The van der Waals surface area contributed by atoms with Gasteiger partial charge in [-0.2, -0.15) is 15.2 Å². The lowest BCUT2D eigenvalue weighted by Crippen LogP contribution is -2.56. The number of halogens is 4. The fourth-order valence-electron chi connectivity index (χ4n) is 8.22. The van der Waals surface area contributed by atoms with E-state index in [0.29, 0.717) is 18.5 Å². The van der Waals surface area contributed by atoms with Crippen molar-refractivity contribution in [1.29, 1.82) is 5.26 Å². The van der Waals surface area contributed by atoms with Gasteiger partial charge in [-0.1, -0.05) is 18.2 Å². The lowest BCUT2D eigenvalue weighted by atomic mass is 9.85. The van der Waals surface area contributed by atoms with Crippen molar-refractivity contribution in [2.24, 2.45) is 0 Å². The third kappa shape index (κ3) is 5.66. The van der Waals surface area contributed by atoms with Crippen molar-refractivity contribution in [3.8, 4) is 23.2 Å². The molecular weight excluding hydrogens is 612 g/mol. The molecule has 1 amide bonds. The first kappa shape index (κ1) is 31.6. The fraction of sp³-hybridized carbons (Fsp3) is 0.543. The van der Waals surface area contributed by atoms with Crippen LogP contribution in [-0.2, 0) is 17.6 Å². The van der Waals surface area contributed by atoms with E-state index in [1.165, 1.54) is 11.0 Å². The third-order valence-corrected chi connectivity index (χ3v) is 10.5. The van der Waals surface area contributed by atoms with Gasteiger partial charge in [-0.05, 0) is 74.8 Å². The Kier molecular flexibility index (Phi) is 8.45. The number of hydrogen-bond acceptors (Lipinski definition) is 7. The maximum atomic E-state index is 16.8. The number of piperazine rings is 1. The molecule has 47 heavy (non-hydrogen) atoms. The van der Waals surface area contributed by atoms with Gasteiger partial charge in [0.2, 0.25) is 0 Å². The van der Waals surface area contributed by atoms with Crippen LogP contribution >= 0.6 is 0 Å². The van der Waals surface area contributed by atoms with Gasteiger partial charge in [0.25, 0.3) is 5.91 Å². The Morgan fingerprint density at radius 2 is 1.98 bits per heavy atom. The predicted octanol–water partition coefficient (Wildman–Crippen LogP) is 5.70. The number of alkyl halides is 2. The maximum absolute atomic E-state index is 16.8. The maximum Gasteiger partial charge on any atom is 0.319 e. The summed E-state index contributed by atoms with van der Waals surface area (Å²) in [6.07, 6.45) is 2.78. The summed E-state index contributed by atoms with van der Waals surface area (Å²) in [6, 6.07) is 8.11. The molecule has 0 bridgehead atoms. The van der Waals surface area contributed by atoms with E-state index in [1.54, 1.807) is 11.0 Å². The number of ether oxygens (including phenoxy) is 1. The van der Waals surface area contributed by atoms with Gasteiger partial charge in [0.15, 0.2) is 12.0 Å². The van der Waals surface area contributed by atoms with Crippen molar-refractivity contribution >= 4 is 22.6 Å². The number of benzene rings is 2. The van der Waals surface area contributed by atoms with E-state index < -0.39 is 41.5 Å². The first-order chi connectivity index (χ1) is 22.7. The smallest absolute Gasteiger partial charge is 0.319 e. The summed E-state index contributed by atoms with van der Waals surface area (Å²) in [6.45, 7) is 2.76. The number of nitriles is 1. The summed E-state index contributed by atoms with van der Waals surface area (Å²) in [7, 11) is 0. The van der Waals surface area contributed by atoms with E-state index in [2.05, 4.69) is 20.9 Å². The number of fused-ring (bicyclic) bond motifs is 3. The van der Waals surface area contributed by atoms with E-state index in [1.807, 2.05) is 12.1 Å². The Labute approximate surface area is 271 Å². The highest BCUT2D eigenvalue weighted by Crippen LogP contribution is 2.42. The molecule has 8 nitrogen and oxygen atoms in total. The summed E-state index contributed by atoms with van der Waals surface area (Å²) in [5.74, 6) is -2.09. The molecule has 7 rings (SSSR count). The molecule has 4 aliphatic rings. The highest BCUT2D eigenvalue weighted by atomic mass is 19.1. The summed E-state index contributed by atoms with van der Waals surface area (Å²) < 4.78 is 67.6. The van der Waals surface area contributed by atoms with Crippen LogP contribution in [0.2, 0.25) is 0 Å². The average molecular weight is 651 g/mol. The molecule has 3 aliphatic heterocycles. The third-order valence-electron chi connectivity index (χ3n) is 10.5. The predicted molar refractivity (Wildman–Crippen MR) is 169 cm³/mol. The van der Waals surface area contributed by atoms with Crippen molar-refractivity contribution in [3.63, 3.8) is 0 Å². The SMILES string of the molecule is CC(F)C(=O)N1CCN(c2nc(OC[C@@]34CCCN3C[C@H](F)C4)nc3c(F)c(-c4cccc5c4CCCC5)c(F)cc23)C[C@@H]1CC#N. The Morgan fingerprint density at radius 1 is 1.15 bits per heavy atom. The number of aryl methyl sites for hydroxylation is 1. The zero-order valence-electron chi connectivity index (χ0n) is 26.5. The monoisotopic (exact) mass is 650 g/mol. The molecule has 3 aromatic rings. The number of carbonyl (C=O) groups is 1. The van der Waals surface area contributed by atoms with Crippen LogP contribution in [0.3, 0.4) is 0 Å². The van der Waals surface area contributed by atoms with Crippen molar-refractivity contribution < 1.29 is 27.1 Å². The molecule has 4 heterocycles. The number of anilines is 1. The van der Waals surface area contributed by atoms with Gasteiger partial charge in [-0.15, -0.1) is 0 Å². The topological polar surface area (TPSA) is 85.6 Å². The zero-order chi connectivity index (χ0) is 32.9. The quantitative estimate of drug-likeness (QED) is 0.304. The number of nitrogens with zero attached hydrogens (tertiary/aromatic N) is 6. The second-order valence-corrected chi connectivity index (χ2v) is 13.4. The lowest BCUT2D eigenvalue weighted by molar-refractivity contribution is -0.138. The van der Waals surface area contributed by atoms with Gasteiger partial charge < -0.3 is 14.5 Å². The minimum Gasteiger partial charge on any atom is -0.461 e.